The van der Waals surface area contributed by atoms with Gasteiger partial charge in [0.2, 0.25) is 11.8 Å². The van der Waals surface area contributed by atoms with E-state index in [1.807, 2.05) is 81.5 Å². The van der Waals surface area contributed by atoms with Gasteiger partial charge in [-0.3, -0.25) is 19.2 Å². The first-order valence-corrected chi connectivity index (χ1v) is 16.9. The van der Waals surface area contributed by atoms with Crippen molar-refractivity contribution in [2.24, 2.45) is 11.8 Å². The van der Waals surface area contributed by atoms with Crippen LogP contribution in [0.15, 0.2) is 72.8 Å². The largest absolute Gasteiger partial charge is 0.455 e. The zero-order valence-electron chi connectivity index (χ0n) is 28.1. The Morgan fingerprint density at radius 3 is 2.50 bits per heavy atom. The SMILES string of the molecule is Cc1ccc(C)c(N2C/C=C\CCC(=O)N(C)[C@@H](C)[C@H](c3ccccc3)OC(=O)[C@@H]3[C@H]4C(=O)N(CCCCO)[C@H](C2=O)[C@]42C=C[C@H]3O2)c1. The van der Waals surface area contributed by atoms with Crippen LogP contribution in [0.2, 0.25) is 0 Å². The standard InChI is InChI=1S/C38H45N3O7/c1-24-16-17-25(2)28(23-24)40-20-10-6-9-15-30(43)39(4)26(3)33(27-13-7-5-8-14-27)47-37(46)31-29-18-19-38(48-29)32(31)35(44)41(21-11-12-22-42)34(38)36(40)45/h5-8,10,13-14,16-19,23,26,29,31-34,42H,9,11-12,15,20-22H2,1-4H3/b10-6-/t26-,29+,31-,32-,33+,34+,38-/m0/s1. The van der Waals surface area contributed by atoms with Gasteiger partial charge in [-0.2, -0.15) is 0 Å². The molecule has 4 aliphatic heterocycles. The Kier molecular flexibility index (Phi) is 9.58. The summed E-state index contributed by atoms with van der Waals surface area (Å²) in [5.74, 6) is -3.32. The number of aliphatic hydroxyl groups is 1. The summed E-state index contributed by atoms with van der Waals surface area (Å²) >= 11 is 0. The van der Waals surface area contributed by atoms with E-state index in [0.717, 1.165) is 16.7 Å². The summed E-state index contributed by atoms with van der Waals surface area (Å²) in [5.41, 5.74) is 1.95. The molecule has 2 fully saturated rings. The van der Waals surface area contributed by atoms with Crippen molar-refractivity contribution in [3.8, 4) is 0 Å². The van der Waals surface area contributed by atoms with E-state index >= 15 is 0 Å². The Labute approximate surface area is 282 Å². The van der Waals surface area contributed by atoms with Crippen molar-refractivity contribution in [1.82, 2.24) is 9.80 Å². The summed E-state index contributed by atoms with van der Waals surface area (Å²) in [6, 6.07) is 13.7. The predicted molar refractivity (Wildman–Crippen MR) is 180 cm³/mol. The van der Waals surface area contributed by atoms with E-state index in [0.29, 0.717) is 24.9 Å². The molecule has 48 heavy (non-hydrogen) atoms. The molecule has 1 N–H and O–H groups in total. The van der Waals surface area contributed by atoms with E-state index < -0.39 is 47.7 Å². The number of benzene rings is 2. The topological polar surface area (TPSA) is 117 Å². The lowest BCUT2D eigenvalue weighted by Gasteiger charge is -2.36. The number of hydrogen-bond donors (Lipinski definition) is 1. The Bertz CT molecular complexity index is 1620. The molecule has 0 saturated carbocycles. The number of hydrogen-bond acceptors (Lipinski definition) is 7. The van der Waals surface area contributed by atoms with Gasteiger partial charge in [0.15, 0.2) is 0 Å². The molecule has 10 nitrogen and oxygen atoms in total. The number of likely N-dealkylation sites (N-methyl/N-ethyl adjacent to an activating group) is 1. The predicted octanol–water partition coefficient (Wildman–Crippen LogP) is 4.04. The number of likely N-dealkylation sites (tertiary alicyclic amines) is 1. The number of anilines is 1. The van der Waals surface area contributed by atoms with Gasteiger partial charge in [-0.15, -0.1) is 0 Å². The van der Waals surface area contributed by atoms with Crippen LogP contribution in [0.5, 0.6) is 0 Å². The molecule has 0 unspecified atom stereocenters. The molecule has 10 heteroatoms. The molecule has 0 radical (unpaired) electrons. The van der Waals surface area contributed by atoms with Gasteiger partial charge in [-0.25, -0.2) is 0 Å². The number of ether oxygens (including phenoxy) is 2. The Balaban J connectivity index is 1.46. The second-order valence-corrected chi connectivity index (χ2v) is 13.4. The van der Waals surface area contributed by atoms with Crippen LogP contribution in [0.25, 0.3) is 0 Å². The summed E-state index contributed by atoms with van der Waals surface area (Å²) in [4.78, 5) is 62.0. The van der Waals surface area contributed by atoms with Gasteiger partial charge < -0.3 is 29.3 Å². The van der Waals surface area contributed by atoms with Crippen LogP contribution in [0, 0.1) is 25.7 Å². The fraction of sp³-hybridized carbons (Fsp3) is 0.474. The molecule has 4 aliphatic rings. The summed E-state index contributed by atoms with van der Waals surface area (Å²) in [7, 11) is 1.71. The number of aliphatic hydroxyl groups excluding tert-OH is 1. The number of unbranched alkanes of at least 4 members (excludes halogenated alkanes) is 1. The Morgan fingerprint density at radius 1 is 0.979 bits per heavy atom. The fourth-order valence-corrected chi connectivity index (χ4v) is 7.72. The average molecular weight is 656 g/mol. The van der Waals surface area contributed by atoms with Crippen molar-refractivity contribution in [2.75, 3.05) is 31.6 Å². The second-order valence-electron chi connectivity index (χ2n) is 13.4. The van der Waals surface area contributed by atoms with Gasteiger partial charge >= 0.3 is 5.97 Å². The molecule has 2 saturated heterocycles. The maximum Gasteiger partial charge on any atom is 0.313 e. The minimum absolute atomic E-state index is 0.0436. The third kappa shape index (κ3) is 5.85. The Morgan fingerprint density at radius 2 is 1.75 bits per heavy atom. The maximum absolute atomic E-state index is 15.0. The van der Waals surface area contributed by atoms with E-state index in [1.165, 1.54) is 0 Å². The molecule has 254 valence electrons. The van der Waals surface area contributed by atoms with Crippen LogP contribution >= 0.6 is 0 Å². The van der Waals surface area contributed by atoms with Crippen LogP contribution < -0.4 is 4.90 Å². The van der Waals surface area contributed by atoms with Crippen LogP contribution in [0.3, 0.4) is 0 Å². The third-order valence-corrected chi connectivity index (χ3v) is 10.4. The van der Waals surface area contributed by atoms with E-state index in [4.69, 9.17) is 9.47 Å². The van der Waals surface area contributed by atoms with Crippen molar-refractivity contribution >= 4 is 29.4 Å². The zero-order valence-corrected chi connectivity index (χ0v) is 28.1. The molecule has 5 bridgehead atoms. The molecule has 0 aromatic heterocycles. The quantitative estimate of drug-likeness (QED) is 0.284. The number of carbonyl (C=O) groups excluding carboxylic acids is 4. The number of fused-ring (bicyclic) bond motifs is 2. The first kappa shape index (κ1) is 33.6. The number of allylic oxidation sites excluding steroid dienone is 1. The van der Waals surface area contributed by atoms with E-state index in [-0.39, 0.29) is 43.8 Å². The molecule has 0 aliphatic carbocycles. The number of rotatable bonds is 6. The molecule has 7 atom stereocenters. The highest BCUT2D eigenvalue weighted by Crippen LogP contribution is 2.56. The fourth-order valence-electron chi connectivity index (χ4n) is 7.72. The van der Waals surface area contributed by atoms with Gasteiger partial charge in [-0.1, -0.05) is 66.8 Å². The lowest BCUT2D eigenvalue weighted by Crippen LogP contribution is -2.56. The summed E-state index contributed by atoms with van der Waals surface area (Å²) < 4.78 is 12.9. The van der Waals surface area contributed by atoms with Crippen LogP contribution in [-0.4, -0.2) is 89.1 Å². The molecule has 2 aromatic carbocycles. The van der Waals surface area contributed by atoms with Gasteiger partial charge in [-0.05, 0) is 62.8 Å². The number of esters is 1. The van der Waals surface area contributed by atoms with Gasteiger partial charge in [0.05, 0.1) is 18.1 Å². The highest BCUT2D eigenvalue weighted by Gasteiger charge is 2.73. The highest BCUT2D eigenvalue weighted by molar-refractivity contribution is 6.05. The number of carbonyl (C=O) groups is 4. The maximum atomic E-state index is 15.0. The van der Waals surface area contributed by atoms with Crippen molar-refractivity contribution in [1.29, 1.82) is 0 Å². The molecule has 2 aromatic rings. The molecule has 4 heterocycles. The van der Waals surface area contributed by atoms with Crippen LogP contribution in [0.4, 0.5) is 5.69 Å². The summed E-state index contributed by atoms with van der Waals surface area (Å²) in [6.45, 7) is 6.16. The van der Waals surface area contributed by atoms with E-state index in [1.54, 1.807) is 33.9 Å². The molecular formula is C38H45N3O7. The molecule has 3 amide bonds. The van der Waals surface area contributed by atoms with Crippen LogP contribution in [0.1, 0.15) is 55.4 Å². The van der Waals surface area contributed by atoms with Crippen molar-refractivity contribution in [3.05, 3.63) is 89.5 Å². The first-order chi connectivity index (χ1) is 23.1. The van der Waals surface area contributed by atoms with Gasteiger partial charge in [0, 0.05) is 38.9 Å². The second kappa shape index (κ2) is 13.7. The first-order valence-electron chi connectivity index (χ1n) is 16.9. The lowest BCUT2D eigenvalue weighted by atomic mass is 9.74. The lowest BCUT2D eigenvalue weighted by molar-refractivity contribution is -0.164. The summed E-state index contributed by atoms with van der Waals surface area (Å²) in [5, 5.41) is 9.55. The minimum atomic E-state index is -1.37. The number of aryl methyl sites for hydroxylation is 2. The molecule has 1 spiro atoms. The average Bonchev–Trinajstić information content (AvgIpc) is 3.73. The molecule has 6 rings (SSSR count). The minimum Gasteiger partial charge on any atom is -0.455 e. The Hall–Kier alpha value is -4.28. The third-order valence-electron chi connectivity index (χ3n) is 10.4. The smallest absolute Gasteiger partial charge is 0.313 e. The van der Waals surface area contributed by atoms with Gasteiger partial charge in [0.1, 0.15) is 23.7 Å². The van der Waals surface area contributed by atoms with Crippen LogP contribution in [-0.2, 0) is 28.7 Å². The number of amides is 3. The number of cyclic esters (lactones) is 1. The zero-order chi connectivity index (χ0) is 34.2. The van der Waals surface area contributed by atoms with E-state index in [2.05, 4.69) is 0 Å². The molecular weight excluding hydrogens is 610 g/mol. The number of nitrogens with zero attached hydrogens (tertiary/aromatic N) is 3. The van der Waals surface area contributed by atoms with Crippen molar-refractivity contribution in [2.45, 2.75) is 76.3 Å². The van der Waals surface area contributed by atoms with Crippen molar-refractivity contribution in [3.63, 3.8) is 0 Å². The monoisotopic (exact) mass is 655 g/mol. The normalized spacial score (nSPS) is 31.4. The summed E-state index contributed by atoms with van der Waals surface area (Å²) in [6.07, 6.45) is 7.46. The van der Waals surface area contributed by atoms with E-state index in [9.17, 15) is 24.3 Å². The van der Waals surface area contributed by atoms with Gasteiger partial charge in [0.25, 0.3) is 5.91 Å². The highest BCUT2D eigenvalue weighted by atomic mass is 16.6. The van der Waals surface area contributed by atoms with Crippen molar-refractivity contribution < 1.29 is 33.8 Å².